The Balaban J connectivity index is 1.66. The molecule has 1 heterocycles. The maximum atomic E-state index is 12.3. The van der Waals surface area contributed by atoms with E-state index in [1.807, 2.05) is 12.1 Å². The molecule has 2 atom stereocenters. The summed E-state index contributed by atoms with van der Waals surface area (Å²) in [6.45, 7) is 6.85. The molecule has 0 aromatic heterocycles. The van der Waals surface area contributed by atoms with E-state index in [2.05, 4.69) is 35.3 Å². The van der Waals surface area contributed by atoms with Crippen LogP contribution >= 0.6 is 0 Å². The minimum atomic E-state index is 0.0969. The number of nitrogens with zero attached hydrogens (tertiary/aromatic N) is 1. The van der Waals surface area contributed by atoms with Gasteiger partial charge in [0.2, 0.25) is 0 Å². The number of allylic oxidation sites excluding steroid dienone is 2. The fraction of sp³-hybridized carbons (Fsp3) is 0.478. The van der Waals surface area contributed by atoms with Gasteiger partial charge in [-0.25, -0.2) is 0 Å². The average molecular weight is 364 g/mol. The Morgan fingerprint density at radius 1 is 1.26 bits per heavy atom. The van der Waals surface area contributed by atoms with Crippen LogP contribution in [0.1, 0.15) is 61.4 Å². The molecule has 0 saturated carbocycles. The van der Waals surface area contributed by atoms with Crippen LogP contribution in [0.3, 0.4) is 0 Å². The van der Waals surface area contributed by atoms with Gasteiger partial charge in [0.25, 0.3) is 0 Å². The molecule has 0 bridgehead atoms. The summed E-state index contributed by atoms with van der Waals surface area (Å²) < 4.78 is 0. The Morgan fingerprint density at radius 3 is 2.89 bits per heavy atom. The third kappa shape index (κ3) is 3.16. The second kappa shape index (κ2) is 7.43. The molecular formula is C23H28N2O2. The lowest BCUT2D eigenvalue weighted by atomic mass is 9.81. The molecule has 2 aliphatic carbocycles. The van der Waals surface area contributed by atoms with Crippen LogP contribution in [0, 0.1) is 0 Å². The van der Waals surface area contributed by atoms with Gasteiger partial charge in [-0.1, -0.05) is 19.1 Å². The van der Waals surface area contributed by atoms with E-state index in [1.54, 1.807) is 6.92 Å². The zero-order valence-electron chi connectivity index (χ0n) is 16.3. The number of benzene rings is 1. The lowest BCUT2D eigenvalue weighted by Crippen LogP contribution is -2.36. The van der Waals surface area contributed by atoms with E-state index in [0.29, 0.717) is 6.42 Å². The molecule has 142 valence electrons. The molecule has 27 heavy (non-hydrogen) atoms. The number of ketones is 2. The van der Waals surface area contributed by atoms with Crippen molar-refractivity contribution in [2.24, 2.45) is 0 Å². The number of hydrogen-bond acceptors (Lipinski definition) is 4. The fourth-order valence-corrected chi connectivity index (χ4v) is 4.78. The van der Waals surface area contributed by atoms with Gasteiger partial charge in [-0.3, -0.25) is 9.59 Å². The van der Waals surface area contributed by atoms with Crippen molar-refractivity contribution in [3.8, 4) is 0 Å². The molecule has 1 aromatic carbocycles. The van der Waals surface area contributed by atoms with Crippen molar-refractivity contribution in [1.29, 1.82) is 0 Å². The highest BCUT2D eigenvalue weighted by Gasteiger charge is 2.43. The molecule has 0 spiro atoms. The van der Waals surface area contributed by atoms with E-state index in [1.165, 1.54) is 16.8 Å². The molecule has 0 fully saturated rings. The minimum absolute atomic E-state index is 0.0969. The van der Waals surface area contributed by atoms with E-state index < -0.39 is 0 Å². The van der Waals surface area contributed by atoms with E-state index in [9.17, 15) is 9.59 Å². The zero-order valence-corrected chi connectivity index (χ0v) is 16.3. The summed E-state index contributed by atoms with van der Waals surface area (Å²) >= 11 is 0. The number of rotatable bonds is 7. The average Bonchev–Trinajstić information content (AvgIpc) is 3.19. The first-order chi connectivity index (χ1) is 13.1. The smallest absolute Gasteiger partial charge is 0.163 e. The second-order valence-corrected chi connectivity index (χ2v) is 7.82. The quantitative estimate of drug-likeness (QED) is 0.591. The Labute approximate surface area is 161 Å². The monoisotopic (exact) mass is 364 g/mol. The van der Waals surface area contributed by atoms with Gasteiger partial charge in [0.05, 0.1) is 6.04 Å². The number of nitrogens with one attached hydrogen (secondary N) is 1. The van der Waals surface area contributed by atoms with Crippen LogP contribution in [-0.4, -0.2) is 37.2 Å². The second-order valence-electron chi connectivity index (χ2n) is 7.82. The third-order valence-electron chi connectivity index (χ3n) is 6.06. The van der Waals surface area contributed by atoms with Crippen molar-refractivity contribution < 1.29 is 9.59 Å². The first-order valence-electron chi connectivity index (χ1n) is 10.2. The largest absolute Gasteiger partial charge is 0.364 e. The summed E-state index contributed by atoms with van der Waals surface area (Å²) in [6, 6.07) is 6.38. The summed E-state index contributed by atoms with van der Waals surface area (Å²) in [7, 11) is 0. The van der Waals surface area contributed by atoms with Crippen LogP contribution in [0.15, 0.2) is 41.5 Å². The van der Waals surface area contributed by atoms with Gasteiger partial charge in [0.1, 0.15) is 0 Å². The highest BCUT2D eigenvalue weighted by Crippen LogP contribution is 2.51. The standard InChI is InChI=1S/C23H28N2O2/c1-3-11-24-12-4-13-25-20-8-5-16(15(2)26)14-19(20)23-18-7-10-22(27)17(18)6-9-21(23)25/h5-6,8-9,14,21,23-24H,3-4,7,10-13H2,1-2H3/t21?,23-/m1/s1. The maximum absolute atomic E-state index is 12.3. The summed E-state index contributed by atoms with van der Waals surface area (Å²) in [6.07, 6.45) is 7.97. The van der Waals surface area contributed by atoms with E-state index in [4.69, 9.17) is 0 Å². The van der Waals surface area contributed by atoms with Gasteiger partial charge in [-0.15, -0.1) is 0 Å². The Morgan fingerprint density at radius 2 is 2.11 bits per heavy atom. The summed E-state index contributed by atoms with van der Waals surface area (Å²) in [5.74, 6) is 0.583. The lowest BCUT2D eigenvalue weighted by molar-refractivity contribution is -0.114. The molecule has 1 N–H and O–H groups in total. The van der Waals surface area contributed by atoms with Crippen molar-refractivity contribution in [3.63, 3.8) is 0 Å². The number of hydrogen-bond donors (Lipinski definition) is 1. The number of carbonyl (C=O) groups excluding carboxylic acids is 2. The van der Waals surface area contributed by atoms with Crippen LogP contribution in [0.2, 0.25) is 0 Å². The molecule has 0 amide bonds. The minimum Gasteiger partial charge on any atom is -0.364 e. The lowest BCUT2D eigenvalue weighted by Gasteiger charge is -2.31. The molecule has 3 aliphatic rings. The molecule has 4 nitrogen and oxygen atoms in total. The Bertz CT molecular complexity index is 837. The maximum Gasteiger partial charge on any atom is 0.163 e. The number of anilines is 1. The highest BCUT2D eigenvalue weighted by molar-refractivity contribution is 6.02. The number of carbonyl (C=O) groups is 2. The van der Waals surface area contributed by atoms with Crippen molar-refractivity contribution in [2.75, 3.05) is 24.5 Å². The zero-order chi connectivity index (χ0) is 19.0. The molecule has 1 unspecified atom stereocenters. The molecule has 4 rings (SSSR count). The van der Waals surface area contributed by atoms with Crippen molar-refractivity contribution in [2.45, 2.75) is 51.5 Å². The molecule has 0 radical (unpaired) electrons. The van der Waals surface area contributed by atoms with Gasteiger partial charge < -0.3 is 10.2 Å². The molecule has 1 aromatic rings. The molecule has 1 aliphatic heterocycles. The van der Waals surface area contributed by atoms with E-state index in [0.717, 1.165) is 50.0 Å². The van der Waals surface area contributed by atoms with Gasteiger partial charge in [0, 0.05) is 35.7 Å². The third-order valence-corrected chi connectivity index (χ3v) is 6.06. The van der Waals surface area contributed by atoms with E-state index >= 15 is 0 Å². The predicted molar refractivity (Wildman–Crippen MR) is 109 cm³/mol. The van der Waals surface area contributed by atoms with Crippen LogP contribution in [-0.2, 0) is 4.79 Å². The summed E-state index contributed by atoms with van der Waals surface area (Å²) in [4.78, 5) is 26.7. The SMILES string of the molecule is CCCNCCCN1c2ccc(C(C)=O)cc2[C@H]2C3=C(C=CC21)C(=O)CC3. The van der Waals surface area contributed by atoms with Crippen LogP contribution in [0.4, 0.5) is 5.69 Å². The van der Waals surface area contributed by atoms with Gasteiger partial charge in [0.15, 0.2) is 11.6 Å². The normalized spacial score (nSPS) is 22.9. The van der Waals surface area contributed by atoms with Gasteiger partial charge in [-0.05, 0) is 68.6 Å². The van der Waals surface area contributed by atoms with Crippen LogP contribution < -0.4 is 10.2 Å². The molecule has 4 heteroatoms. The van der Waals surface area contributed by atoms with Crippen LogP contribution in [0.25, 0.3) is 0 Å². The Hall–Kier alpha value is -2.20. The summed E-state index contributed by atoms with van der Waals surface area (Å²) in [5, 5.41) is 3.48. The van der Waals surface area contributed by atoms with E-state index in [-0.39, 0.29) is 23.5 Å². The predicted octanol–water partition coefficient (Wildman–Crippen LogP) is 3.78. The van der Waals surface area contributed by atoms with Crippen LogP contribution in [0.5, 0.6) is 0 Å². The Kier molecular flexibility index (Phi) is 5.00. The summed E-state index contributed by atoms with van der Waals surface area (Å²) in [5.41, 5.74) is 5.41. The number of Topliss-reactive ketones (excluding diaryl/α,β-unsaturated/α-hetero) is 2. The van der Waals surface area contributed by atoms with Gasteiger partial charge in [-0.2, -0.15) is 0 Å². The first kappa shape index (κ1) is 18.2. The molecule has 0 saturated heterocycles. The van der Waals surface area contributed by atoms with Crippen molar-refractivity contribution in [3.05, 3.63) is 52.6 Å². The van der Waals surface area contributed by atoms with Crippen molar-refractivity contribution in [1.82, 2.24) is 5.32 Å². The fourth-order valence-electron chi connectivity index (χ4n) is 4.78. The van der Waals surface area contributed by atoms with Crippen molar-refractivity contribution >= 4 is 17.3 Å². The number of fused-ring (bicyclic) bond motifs is 4. The molecular weight excluding hydrogens is 336 g/mol. The highest BCUT2D eigenvalue weighted by atomic mass is 16.1. The first-order valence-corrected chi connectivity index (χ1v) is 10.2. The topological polar surface area (TPSA) is 49.4 Å². The van der Waals surface area contributed by atoms with Gasteiger partial charge >= 0.3 is 0 Å².